The van der Waals surface area contributed by atoms with Gasteiger partial charge in [-0.25, -0.2) is 15.0 Å². The predicted molar refractivity (Wildman–Crippen MR) is 132 cm³/mol. The number of carbonyl (C=O) groups is 2. The number of anilines is 3. The van der Waals surface area contributed by atoms with Crippen molar-refractivity contribution in [2.75, 3.05) is 34.9 Å². The first-order chi connectivity index (χ1) is 17.0. The van der Waals surface area contributed by atoms with Gasteiger partial charge in [0.15, 0.2) is 11.4 Å². The second-order valence-electron chi connectivity index (χ2n) is 7.11. The Morgan fingerprint density at radius 1 is 1.03 bits per heavy atom. The Kier molecular flexibility index (Phi) is 8.47. The maximum atomic E-state index is 12.7. The van der Waals surface area contributed by atoms with Gasteiger partial charge in [0, 0.05) is 30.0 Å². The maximum Gasteiger partial charge on any atom is 0.289 e. The molecule has 0 spiro atoms. The summed E-state index contributed by atoms with van der Waals surface area (Å²) in [6.07, 6.45) is 4.75. The summed E-state index contributed by atoms with van der Waals surface area (Å²) in [6, 6.07) is 10.1. The third-order valence-electron chi connectivity index (χ3n) is 4.33. The number of carbonyl (C=O) groups excluding carboxylic acids is 2. The number of hydrogen-bond acceptors (Lipinski definition) is 9. The molecule has 0 saturated carbocycles. The number of benzene rings is 1. The number of rotatable bonds is 5. The fourth-order valence-corrected chi connectivity index (χ4v) is 2.98. The van der Waals surface area contributed by atoms with E-state index >= 15 is 0 Å². The van der Waals surface area contributed by atoms with Crippen LogP contribution in [0.2, 0.25) is 5.02 Å². The highest BCUT2D eigenvalue weighted by Gasteiger charge is 2.22. The van der Waals surface area contributed by atoms with E-state index < -0.39 is 21.9 Å². The van der Waals surface area contributed by atoms with Crippen LogP contribution in [0, 0.1) is 5.41 Å². The lowest BCUT2D eigenvalue weighted by atomic mass is 10.2. The van der Waals surface area contributed by atoms with E-state index in [1.54, 1.807) is 35.2 Å². The van der Waals surface area contributed by atoms with E-state index in [9.17, 15) is 18.0 Å². The normalized spacial score (nSPS) is 12.8. The van der Waals surface area contributed by atoms with Crippen LogP contribution in [-0.2, 0) is 14.9 Å². The zero-order valence-corrected chi connectivity index (χ0v) is 20.2. The first-order valence-corrected chi connectivity index (χ1v) is 12.3. The first-order valence-electron chi connectivity index (χ1n) is 10.1. The molecule has 1 saturated heterocycles. The number of nitrogens with zero attached hydrogens (tertiary/aromatic N) is 4. The molecule has 36 heavy (non-hydrogen) atoms. The van der Waals surface area contributed by atoms with Crippen LogP contribution in [0.4, 0.5) is 17.2 Å². The second-order valence-corrected chi connectivity index (χ2v) is 9.01. The Hall–Kier alpha value is -4.14. The van der Waals surface area contributed by atoms with E-state index in [0.29, 0.717) is 30.1 Å². The van der Waals surface area contributed by atoms with E-state index in [0.717, 1.165) is 5.69 Å². The number of hydrogen-bond donors (Lipinski definition) is 4. The molecule has 0 atom stereocenters. The van der Waals surface area contributed by atoms with Crippen LogP contribution < -0.4 is 15.5 Å². The molecule has 188 valence electrons. The number of halogens is 1. The largest absolute Gasteiger partial charge is 0.463 e. The summed E-state index contributed by atoms with van der Waals surface area (Å²) >= 11 is 5.79. The van der Waals surface area contributed by atoms with E-state index in [2.05, 4.69) is 25.6 Å². The molecule has 15 heteroatoms. The highest BCUT2D eigenvalue weighted by Crippen LogP contribution is 2.21. The SMILES string of the molecule is CS(=O)(=O)O.N=C1OCCN1c1ccc(NC(=O)c2nccnc2C(=O)Nc2ccc(Cl)cn2)cc1. The molecule has 2 amide bonds. The van der Waals surface area contributed by atoms with Gasteiger partial charge in [0.2, 0.25) is 0 Å². The Morgan fingerprint density at radius 2 is 1.61 bits per heavy atom. The van der Waals surface area contributed by atoms with E-state index in [1.807, 2.05) is 0 Å². The number of aromatic nitrogens is 3. The van der Waals surface area contributed by atoms with Crippen molar-refractivity contribution < 1.29 is 27.3 Å². The molecule has 1 fully saturated rings. The molecule has 3 aromatic rings. The van der Waals surface area contributed by atoms with Crippen LogP contribution in [0.3, 0.4) is 0 Å². The summed E-state index contributed by atoms with van der Waals surface area (Å²) in [5.41, 5.74) is 0.996. The third-order valence-corrected chi connectivity index (χ3v) is 4.56. The van der Waals surface area contributed by atoms with Crippen LogP contribution in [0.5, 0.6) is 0 Å². The van der Waals surface area contributed by atoms with E-state index in [4.69, 9.17) is 26.3 Å². The minimum Gasteiger partial charge on any atom is -0.463 e. The molecular formula is C21H20ClN7O6S. The molecule has 0 radical (unpaired) electrons. The van der Waals surface area contributed by atoms with Gasteiger partial charge in [-0.3, -0.25) is 24.5 Å². The molecule has 1 aromatic carbocycles. The van der Waals surface area contributed by atoms with Gasteiger partial charge in [-0.15, -0.1) is 0 Å². The standard InChI is InChI=1S/C20H16ClN7O3.CH4O3S/c21-12-1-6-15(25-11-12)27-19(30)17-16(23-7-8-24-17)18(29)26-13-2-4-14(5-3-13)28-9-10-31-20(28)22;1-5(2,3)4/h1-8,11,22H,9-10H2,(H,26,29)(H,25,27,30);1H3,(H,2,3,4). The van der Waals surface area contributed by atoms with Crippen LogP contribution in [0.1, 0.15) is 21.0 Å². The summed E-state index contributed by atoms with van der Waals surface area (Å²) in [6.45, 7) is 1.05. The summed E-state index contributed by atoms with van der Waals surface area (Å²) < 4.78 is 31.0. The minimum atomic E-state index is -3.67. The summed E-state index contributed by atoms with van der Waals surface area (Å²) in [4.78, 5) is 39.0. The first kappa shape index (κ1) is 26.5. The Morgan fingerprint density at radius 3 is 2.11 bits per heavy atom. The number of amides is 2. The van der Waals surface area contributed by atoms with Gasteiger partial charge in [0.25, 0.3) is 28.0 Å². The average Bonchev–Trinajstić information content (AvgIpc) is 3.26. The fourth-order valence-electron chi connectivity index (χ4n) is 2.87. The molecule has 0 bridgehead atoms. The predicted octanol–water partition coefficient (Wildman–Crippen LogP) is 2.30. The van der Waals surface area contributed by atoms with Gasteiger partial charge in [-0.05, 0) is 36.4 Å². The zero-order chi connectivity index (χ0) is 26.3. The molecular weight excluding hydrogens is 514 g/mol. The van der Waals surface area contributed by atoms with Crippen molar-refractivity contribution in [2.24, 2.45) is 0 Å². The molecule has 4 rings (SSSR count). The Bertz CT molecular complexity index is 1360. The van der Waals surface area contributed by atoms with Crippen molar-refractivity contribution in [3.05, 3.63) is 71.4 Å². The second kappa shape index (κ2) is 11.5. The highest BCUT2D eigenvalue weighted by atomic mass is 35.5. The monoisotopic (exact) mass is 533 g/mol. The molecule has 0 unspecified atom stereocenters. The van der Waals surface area contributed by atoms with Crippen LogP contribution in [0.25, 0.3) is 0 Å². The van der Waals surface area contributed by atoms with Crippen molar-refractivity contribution in [2.45, 2.75) is 0 Å². The van der Waals surface area contributed by atoms with Crippen LogP contribution in [0.15, 0.2) is 55.0 Å². The molecule has 0 aliphatic carbocycles. The molecule has 4 N–H and O–H groups in total. The lowest BCUT2D eigenvalue weighted by molar-refractivity contribution is 0.0982. The molecule has 3 heterocycles. The Labute approximate surface area is 210 Å². The summed E-state index contributed by atoms with van der Waals surface area (Å²) in [7, 11) is -3.67. The van der Waals surface area contributed by atoms with Gasteiger partial charge in [0.1, 0.15) is 12.4 Å². The zero-order valence-electron chi connectivity index (χ0n) is 18.7. The lowest BCUT2D eigenvalue weighted by Gasteiger charge is -2.15. The smallest absolute Gasteiger partial charge is 0.289 e. The average molecular weight is 534 g/mol. The highest BCUT2D eigenvalue weighted by molar-refractivity contribution is 7.85. The van der Waals surface area contributed by atoms with Gasteiger partial charge in [-0.1, -0.05) is 11.6 Å². The number of ether oxygens (including phenoxy) is 1. The number of amidine groups is 1. The maximum absolute atomic E-state index is 12.7. The quantitative estimate of drug-likeness (QED) is 0.354. The van der Waals surface area contributed by atoms with Crippen LogP contribution >= 0.6 is 11.6 Å². The van der Waals surface area contributed by atoms with Gasteiger partial charge in [0.05, 0.1) is 17.8 Å². The molecule has 2 aromatic heterocycles. The van der Waals surface area contributed by atoms with Crippen molar-refractivity contribution in [3.63, 3.8) is 0 Å². The van der Waals surface area contributed by atoms with Crippen molar-refractivity contribution in [1.29, 1.82) is 5.41 Å². The van der Waals surface area contributed by atoms with Gasteiger partial charge < -0.3 is 15.4 Å². The summed E-state index contributed by atoms with van der Waals surface area (Å²) in [5, 5.41) is 13.4. The lowest BCUT2D eigenvalue weighted by Crippen LogP contribution is -2.24. The summed E-state index contributed by atoms with van der Waals surface area (Å²) in [5.74, 6) is -0.957. The minimum absolute atomic E-state index is 0.0853. The van der Waals surface area contributed by atoms with Crippen molar-refractivity contribution in [1.82, 2.24) is 15.0 Å². The van der Waals surface area contributed by atoms with E-state index in [1.165, 1.54) is 24.7 Å². The number of nitrogens with one attached hydrogen (secondary N) is 3. The topological polar surface area (TPSA) is 188 Å². The third kappa shape index (κ3) is 7.69. The van der Waals surface area contributed by atoms with Crippen LogP contribution in [-0.4, -0.2) is 65.2 Å². The molecule has 1 aliphatic rings. The fraction of sp³-hybridized carbons (Fsp3) is 0.143. The number of pyridine rings is 1. The Balaban J connectivity index is 0.000000658. The molecule has 13 nitrogen and oxygen atoms in total. The van der Waals surface area contributed by atoms with Gasteiger partial charge in [-0.2, -0.15) is 8.42 Å². The van der Waals surface area contributed by atoms with Gasteiger partial charge >= 0.3 is 0 Å². The van der Waals surface area contributed by atoms with E-state index in [-0.39, 0.29) is 23.2 Å². The van der Waals surface area contributed by atoms with Crippen molar-refractivity contribution >= 4 is 56.7 Å². The van der Waals surface area contributed by atoms with Crippen molar-refractivity contribution in [3.8, 4) is 0 Å². The molecule has 1 aliphatic heterocycles.